The van der Waals surface area contributed by atoms with Gasteiger partial charge in [-0.3, -0.25) is 14.8 Å². The smallest absolute Gasteiger partial charge is 0.196 e. The predicted molar refractivity (Wildman–Crippen MR) is 95.3 cm³/mol. The van der Waals surface area contributed by atoms with Crippen molar-refractivity contribution in [3.05, 3.63) is 71.3 Å². The van der Waals surface area contributed by atoms with Crippen molar-refractivity contribution in [2.75, 3.05) is 13.1 Å². The van der Waals surface area contributed by atoms with E-state index >= 15 is 0 Å². The highest BCUT2D eigenvalue weighted by atomic mass is 16.1. The van der Waals surface area contributed by atoms with Crippen LogP contribution in [0.1, 0.15) is 25.2 Å². The summed E-state index contributed by atoms with van der Waals surface area (Å²) in [5.41, 5.74) is 3.27. The molecule has 1 aliphatic heterocycles. The van der Waals surface area contributed by atoms with Gasteiger partial charge in [-0.15, -0.1) is 0 Å². The summed E-state index contributed by atoms with van der Waals surface area (Å²) in [5, 5.41) is 0. The van der Waals surface area contributed by atoms with E-state index in [9.17, 15) is 4.79 Å². The zero-order valence-electron chi connectivity index (χ0n) is 14.1. The standard InChI is InChI=1S/C20H21N3O/c1-15(2)23-13-16(11-18-7-3-5-9-21-18)20(24)17(14-23)12-19-8-4-6-10-22-19/h3-12,15H,13-14H2,1-2H3/p+1. The molecule has 3 heterocycles. The topological polar surface area (TPSA) is 47.3 Å². The zero-order valence-corrected chi connectivity index (χ0v) is 14.1. The van der Waals surface area contributed by atoms with E-state index in [1.165, 1.54) is 4.90 Å². The van der Waals surface area contributed by atoms with Gasteiger partial charge in [-0.1, -0.05) is 12.1 Å². The van der Waals surface area contributed by atoms with Gasteiger partial charge in [-0.2, -0.15) is 0 Å². The van der Waals surface area contributed by atoms with Crippen LogP contribution < -0.4 is 4.90 Å². The lowest BCUT2D eigenvalue weighted by atomic mass is 9.95. The molecule has 0 spiro atoms. The van der Waals surface area contributed by atoms with Gasteiger partial charge >= 0.3 is 0 Å². The average molecular weight is 320 g/mol. The van der Waals surface area contributed by atoms with Crippen LogP contribution in [-0.4, -0.2) is 34.9 Å². The van der Waals surface area contributed by atoms with E-state index < -0.39 is 0 Å². The third-order valence-electron chi connectivity index (χ3n) is 4.25. The molecule has 1 N–H and O–H groups in total. The first-order valence-corrected chi connectivity index (χ1v) is 8.26. The summed E-state index contributed by atoms with van der Waals surface area (Å²) in [7, 11) is 0. The molecular formula is C20H22N3O+. The van der Waals surface area contributed by atoms with Crippen molar-refractivity contribution in [2.24, 2.45) is 0 Å². The Morgan fingerprint density at radius 1 is 0.917 bits per heavy atom. The van der Waals surface area contributed by atoms with E-state index in [1.807, 2.05) is 48.6 Å². The maximum Gasteiger partial charge on any atom is 0.196 e. The van der Waals surface area contributed by atoms with Crippen LogP contribution in [0.15, 0.2) is 59.9 Å². The monoisotopic (exact) mass is 320 g/mol. The Morgan fingerprint density at radius 2 is 1.42 bits per heavy atom. The summed E-state index contributed by atoms with van der Waals surface area (Å²) in [6, 6.07) is 11.9. The maximum absolute atomic E-state index is 12.9. The summed E-state index contributed by atoms with van der Waals surface area (Å²) >= 11 is 0. The number of hydrogen-bond donors (Lipinski definition) is 1. The number of Topliss-reactive ketones (excluding diaryl/α,β-unsaturated/α-hetero) is 1. The number of carbonyl (C=O) groups is 1. The molecule has 3 rings (SSSR count). The molecule has 0 aromatic carbocycles. The summed E-state index contributed by atoms with van der Waals surface area (Å²) in [5.74, 6) is 0.107. The quantitative estimate of drug-likeness (QED) is 0.878. The minimum atomic E-state index is 0.107. The van der Waals surface area contributed by atoms with Gasteiger partial charge in [-0.25, -0.2) is 0 Å². The van der Waals surface area contributed by atoms with Crippen LogP contribution in [0.3, 0.4) is 0 Å². The summed E-state index contributed by atoms with van der Waals surface area (Å²) in [6.07, 6.45) is 7.32. The van der Waals surface area contributed by atoms with Crippen molar-refractivity contribution >= 4 is 17.9 Å². The molecule has 0 atom stereocenters. The first-order valence-electron chi connectivity index (χ1n) is 8.26. The molecule has 1 fully saturated rings. The Balaban J connectivity index is 1.96. The van der Waals surface area contributed by atoms with Gasteiger partial charge in [0.15, 0.2) is 5.78 Å². The highest BCUT2D eigenvalue weighted by Crippen LogP contribution is 2.14. The van der Waals surface area contributed by atoms with E-state index in [0.717, 1.165) is 35.6 Å². The predicted octanol–water partition coefficient (Wildman–Crippen LogP) is 1.82. The van der Waals surface area contributed by atoms with Crippen molar-refractivity contribution in [2.45, 2.75) is 19.9 Å². The number of nitrogens with zero attached hydrogens (tertiary/aromatic N) is 2. The van der Waals surface area contributed by atoms with Gasteiger partial charge in [0, 0.05) is 12.4 Å². The molecule has 4 nitrogen and oxygen atoms in total. The van der Waals surface area contributed by atoms with Crippen LogP contribution in [0.5, 0.6) is 0 Å². The molecule has 0 saturated carbocycles. The molecule has 1 aliphatic rings. The fourth-order valence-electron chi connectivity index (χ4n) is 2.84. The van der Waals surface area contributed by atoms with Gasteiger partial charge in [0.25, 0.3) is 0 Å². The van der Waals surface area contributed by atoms with E-state index in [0.29, 0.717) is 6.04 Å². The molecule has 0 unspecified atom stereocenters. The minimum absolute atomic E-state index is 0.107. The number of carbonyl (C=O) groups excluding carboxylic acids is 1. The minimum Gasteiger partial charge on any atom is -0.325 e. The molecule has 0 radical (unpaired) electrons. The Hall–Kier alpha value is -2.59. The van der Waals surface area contributed by atoms with E-state index in [1.54, 1.807) is 12.4 Å². The molecule has 4 heteroatoms. The second kappa shape index (κ2) is 7.32. The number of ketones is 1. The summed E-state index contributed by atoms with van der Waals surface area (Å²) in [6.45, 7) is 5.82. The molecule has 1 saturated heterocycles. The first-order chi connectivity index (χ1) is 11.6. The number of nitrogens with one attached hydrogen (secondary N) is 1. The maximum atomic E-state index is 12.9. The van der Waals surface area contributed by atoms with Gasteiger partial charge in [0.1, 0.15) is 13.1 Å². The molecule has 0 amide bonds. The largest absolute Gasteiger partial charge is 0.325 e. The van der Waals surface area contributed by atoms with Crippen molar-refractivity contribution in [1.29, 1.82) is 0 Å². The number of likely N-dealkylation sites (tertiary alicyclic amines) is 1. The molecular weight excluding hydrogens is 298 g/mol. The highest BCUT2D eigenvalue weighted by Gasteiger charge is 2.30. The number of hydrogen-bond acceptors (Lipinski definition) is 3. The van der Waals surface area contributed by atoms with Gasteiger partial charge < -0.3 is 4.90 Å². The molecule has 0 bridgehead atoms. The second-order valence-corrected chi connectivity index (χ2v) is 6.34. The highest BCUT2D eigenvalue weighted by molar-refractivity contribution is 6.13. The number of pyridine rings is 2. The molecule has 2 aromatic rings. The SMILES string of the molecule is CC(C)[NH+]1CC(=Cc2ccccn2)C(=O)C(=Cc2ccccn2)C1. The second-order valence-electron chi connectivity index (χ2n) is 6.34. The molecule has 2 aromatic heterocycles. The fourth-order valence-corrected chi connectivity index (χ4v) is 2.84. The first kappa shape index (κ1) is 16.3. The van der Waals surface area contributed by atoms with Crippen LogP contribution >= 0.6 is 0 Å². The van der Waals surface area contributed by atoms with E-state index in [-0.39, 0.29) is 5.78 Å². The van der Waals surface area contributed by atoms with Gasteiger partial charge in [0.2, 0.25) is 0 Å². The third-order valence-corrected chi connectivity index (χ3v) is 4.25. The van der Waals surface area contributed by atoms with Crippen molar-refractivity contribution < 1.29 is 9.69 Å². The van der Waals surface area contributed by atoms with Crippen LogP contribution in [0.25, 0.3) is 12.2 Å². The molecule has 24 heavy (non-hydrogen) atoms. The molecule has 0 aliphatic carbocycles. The normalized spacial score (nSPS) is 21.6. The van der Waals surface area contributed by atoms with Crippen molar-refractivity contribution in [1.82, 2.24) is 9.97 Å². The lowest BCUT2D eigenvalue weighted by Gasteiger charge is -2.29. The van der Waals surface area contributed by atoms with Gasteiger partial charge in [-0.05, 0) is 50.3 Å². The van der Waals surface area contributed by atoms with Crippen molar-refractivity contribution in [3.8, 4) is 0 Å². The lowest BCUT2D eigenvalue weighted by Crippen LogP contribution is -3.16. The summed E-state index contributed by atoms with van der Waals surface area (Å²) in [4.78, 5) is 22.9. The summed E-state index contributed by atoms with van der Waals surface area (Å²) < 4.78 is 0. The number of quaternary nitrogens is 1. The zero-order chi connectivity index (χ0) is 16.9. The van der Waals surface area contributed by atoms with E-state index in [4.69, 9.17) is 0 Å². The fraction of sp³-hybridized carbons (Fsp3) is 0.250. The Morgan fingerprint density at radius 3 is 1.79 bits per heavy atom. The lowest BCUT2D eigenvalue weighted by molar-refractivity contribution is -0.912. The van der Waals surface area contributed by atoms with Crippen LogP contribution in [0, 0.1) is 0 Å². The van der Waals surface area contributed by atoms with Crippen LogP contribution in [-0.2, 0) is 4.79 Å². The Labute approximate surface area is 142 Å². The Bertz CT molecular complexity index is 702. The third kappa shape index (κ3) is 3.84. The number of rotatable bonds is 3. The average Bonchev–Trinajstić information content (AvgIpc) is 2.60. The van der Waals surface area contributed by atoms with Gasteiger partial charge in [0.05, 0.1) is 28.6 Å². The van der Waals surface area contributed by atoms with Crippen molar-refractivity contribution in [3.63, 3.8) is 0 Å². The Kier molecular flexibility index (Phi) is 4.96. The van der Waals surface area contributed by atoms with Crippen LogP contribution in [0.2, 0.25) is 0 Å². The molecule has 122 valence electrons. The van der Waals surface area contributed by atoms with E-state index in [2.05, 4.69) is 23.8 Å². The number of aromatic nitrogens is 2. The number of piperidine rings is 1. The van der Waals surface area contributed by atoms with Crippen LogP contribution in [0.4, 0.5) is 0 Å².